The van der Waals surface area contributed by atoms with Crippen LogP contribution < -0.4 is 15.8 Å². The van der Waals surface area contributed by atoms with Crippen molar-refractivity contribution in [1.29, 1.82) is 0 Å². The second-order valence-electron chi connectivity index (χ2n) is 5.03. The number of aromatic nitrogens is 2. The largest absolute Gasteiger partial charge is 0.474 e. The Bertz CT molecular complexity index is 433. The molecule has 0 aromatic carbocycles. The number of methoxy groups -OCH3 is 1. The molecular formula is C14H24N4O2. The zero-order valence-corrected chi connectivity index (χ0v) is 12.3. The standard InChI is InChI=1S/C14H24N4O2/c1-3-11-17-13(16-10-6-4-5-7-10)12(15)14(18-11)20-9-8-19-2/h10H,3-9,15H2,1-2H3,(H,16,17,18). The zero-order valence-electron chi connectivity index (χ0n) is 12.3. The number of nitrogen functional groups attached to an aromatic ring is 1. The van der Waals surface area contributed by atoms with Crippen molar-refractivity contribution in [3.8, 4) is 5.88 Å². The van der Waals surface area contributed by atoms with Gasteiger partial charge in [0.2, 0.25) is 5.88 Å². The van der Waals surface area contributed by atoms with E-state index in [2.05, 4.69) is 15.3 Å². The first-order valence-corrected chi connectivity index (χ1v) is 7.29. The molecule has 1 aromatic rings. The summed E-state index contributed by atoms with van der Waals surface area (Å²) in [6, 6.07) is 0.462. The summed E-state index contributed by atoms with van der Waals surface area (Å²) < 4.78 is 10.6. The molecule has 0 saturated heterocycles. The van der Waals surface area contributed by atoms with Gasteiger partial charge in [0, 0.05) is 19.6 Å². The minimum Gasteiger partial charge on any atom is -0.474 e. The molecule has 1 aliphatic rings. The topological polar surface area (TPSA) is 82.3 Å². The normalized spacial score (nSPS) is 15.5. The van der Waals surface area contributed by atoms with Crippen LogP contribution >= 0.6 is 0 Å². The van der Waals surface area contributed by atoms with Gasteiger partial charge < -0.3 is 20.5 Å². The van der Waals surface area contributed by atoms with Crippen molar-refractivity contribution >= 4 is 11.5 Å². The van der Waals surface area contributed by atoms with Crippen LogP contribution in [0.25, 0.3) is 0 Å². The van der Waals surface area contributed by atoms with Crippen LogP contribution in [0.15, 0.2) is 0 Å². The van der Waals surface area contributed by atoms with E-state index in [1.165, 1.54) is 25.7 Å². The molecule has 3 N–H and O–H groups in total. The predicted octanol–water partition coefficient (Wildman–Crippen LogP) is 2.00. The summed E-state index contributed by atoms with van der Waals surface area (Å²) in [5, 5.41) is 3.43. The van der Waals surface area contributed by atoms with Gasteiger partial charge in [-0.2, -0.15) is 4.98 Å². The van der Waals surface area contributed by atoms with Crippen molar-refractivity contribution in [1.82, 2.24) is 9.97 Å². The molecule has 0 aliphatic heterocycles. The number of anilines is 2. The molecule has 0 unspecified atom stereocenters. The van der Waals surface area contributed by atoms with Crippen molar-refractivity contribution < 1.29 is 9.47 Å². The molecule has 0 radical (unpaired) electrons. The Morgan fingerprint density at radius 1 is 1.25 bits per heavy atom. The van der Waals surface area contributed by atoms with Crippen molar-refractivity contribution in [3.63, 3.8) is 0 Å². The van der Waals surface area contributed by atoms with Gasteiger partial charge in [-0.05, 0) is 12.8 Å². The minimum atomic E-state index is 0.434. The highest BCUT2D eigenvalue weighted by molar-refractivity contribution is 5.67. The van der Waals surface area contributed by atoms with E-state index in [-0.39, 0.29) is 0 Å². The highest BCUT2D eigenvalue weighted by atomic mass is 16.5. The van der Waals surface area contributed by atoms with Gasteiger partial charge in [0.05, 0.1) is 6.61 Å². The van der Waals surface area contributed by atoms with Crippen LogP contribution in [0.4, 0.5) is 11.5 Å². The molecule has 0 spiro atoms. The van der Waals surface area contributed by atoms with E-state index in [1.807, 2.05) is 6.92 Å². The molecule has 0 amide bonds. The average Bonchev–Trinajstić information content (AvgIpc) is 2.96. The molecule has 1 aliphatic carbocycles. The van der Waals surface area contributed by atoms with E-state index >= 15 is 0 Å². The molecule has 2 rings (SSSR count). The van der Waals surface area contributed by atoms with E-state index in [0.717, 1.165) is 12.2 Å². The monoisotopic (exact) mass is 280 g/mol. The minimum absolute atomic E-state index is 0.434. The zero-order chi connectivity index (χ0) is 14.4. The summed E-state index contributed by atoms with van der Waals surface area (Å²) in [7, 11) is 1.64. The van der Waals surface area contributed by atoms with Crippen molar-refractivity contribution in [2.75, 3.05) is 31.4 Å². The summed E-state index contributed by atoms with van der Waals surface area (Å²) in [6.07, 6.45) is 5.62. The van der Waals surface area contributed by atoms with Gasteiger partial charge >= 0.3 is 0 Å². The number of nitrogens with two attached hydrogens (primary N) is 1. The maximum Gasteiger partial charge on any atom is 0.242 e. The van der Waals surface area contributed by atoms with Crippen LogP contribution in [-0.2, 0) is 11.2 Å². The molecule has 1 fully saturated rings. The third-order valence-electron chi connectivity index (χ3n) is 3.50. The Labute approximate surface area is 120 Å². The lowest BCUT2D eigenvalue weighted by atomic mass is 10.2. The van der Waals surface area contributed by atoms with E-state index in [0.29, 0.717) is 36.6 Å². The molecule has 6 nitrogen and oxygen atoms in total. The van der Waals surface area contributed by atoms with Crippen molar-refractivity contribution in [3.05, 3.63) is 5.82 Å². The van der Waals surface area contributed by atoms with Gasteiger partial charge in [-0.15, -0.1) is 0 Å². The highest BCUT2D eigenvalue weighted by Crippen LogP contribution is 2.29. The number of ether oxygens (including phenoxy) is 2. The number of hydrogen-bond acceptors (Lipinski definition) is 6. The molecule has 1 heterocycles. The van der Waals surface area contributed by atoms with E-state index < -0.39 is 0 Å². The summed E-state index contributed by atoms with van der Waals surface area (Å²) >= 11 is 0. The summed E-state index contributed by atoms with van der Waals surface area (Å²) in [6.45, 7) is 2.96. The van der Waals surface area contributed by atoms with E-state index in [4.69, 9.17) is 15.2 Å². The lowest BCUT2D eigenvalue weighted by molar-refractivity contribution is 0.144. The predicted molar refractivity (Wildman–Crippen MR) is 79.1 cm³/mol. The molecular weight excluding hydrogens is 256 g/mol. The summed E-state index contributed by atoms with van der Waals surface area (Å²) in [5.74, 6) is 1.90. The Morgan fingerprint density at radius 3 is 2.65 bits per heavy atom. The Balaban J connectivity index is 2.13. The molecule has 6 heteroatoms. The van der Waals surface area contributed by atoms with Gasteiger partial charge in [-0.1, -0.05) is 19.8 Å². The van der Waals surface area contributed by atoms with Gasteiger partial charge in [-0.25, -0.2) is 4.98 Å². The molecule has 0 atom stereocenters. The van der Waals surface area contributed by atoms with Gasteiger partial charge in [0.15, 0.2) is 5.82 Å². The van der Waals surface area contributed by atoms with Gasteiger partial charge in [0.25, 0.3) is 0 Å². The van der Waals surface area contributed by atoms with Crippen LogP contribution in [-0.4, -0.2) is 36.3 Å². The van der Waals surface area contributed by atoms with Crippen LogP contribution in [0.3, 0.4) is 0 Å². The molecule has 1 aromatic heterocycles. The first-order valence-electron chi connectivity index (χ1n) is 7.29. The van der Waals surface area contributed by atoms with Gasteiger partial charge in [0.1, 0.15) is 18.1 Å². The number of hydrogen-bond donors (Lipinski definition) is 2. The fourth-order valence-electron chi connectivity index (χ4n) is 2.36. The Kier molecular flexibility index (Phi) is 5.40. The Hall–Kier alpha value is -1.56. The first-order chi connectivity index (χ1) is 9.74. The molecule has 112 valence electrons. The number of rotatable bonds is 7. The fraction of sp³-hybridized carbons (Fsp3) is 0.714. The maximum absolute atomic E-state index is 6.11. The maximum atomic E-state index is 6.11. The van der Waals surface area contributed by atoms with Crippen LogP contribution in [0.1, 0.15) is 38.4 Å². The Morgan fingerprint density at radius 2 is 2.00 bits per heavy atom. The van der Waals surface area contributed by atoms with Crippen LogP contribution in [0.2, 0.25) is 0 Å². The summed E-state index contributed by atoms with van der Waals surface area (Å²) in [4.78, 5) is 8.83. The third-order valence-corrected chi connectivity index (χ3v) is 3.50. The first kappa shape index (κ1) is 14.8. The molecule has 20 heavy (non-hydrogen) atoms. The van der Waals surface area contributed by atoms with Crippen molar-refractivity contribution in [2.24, 2.45) is 0 Å². The number of nitrogens with zero attached hydrogens (tertiary/aromatic N) is 2. The fourth-order valence-corrected chi connectivity index (χ4v) is 2.36. The van der Waals surface area contributed by atoms with E-state index in [9.17, 15) is 0 Å². The lowest BCUT2D eigenvalue weighted by Gasteiger charge is -2.17. The van der Waals surface area contributed by atoms with Crippen LogP contribution in [0.5, 0.6) is 5.88 Å². The molecule has 1 saturated carbocycles. The molecule has 0 bridgehead atoms. The highest BCUT2D eigenvalue weighted by Gasteiger charge is 2.19. The smallest absolute Gasteiger partial charge is 0.242 e. The second-order valence-corrected chi connectivity index (χ2v) is 5.03. The van der Waals surface area contributed by atoms with E-state index in [1.54, 1.807) is 7.11 Å². The second kappa shape index (κ2) is 7.28. The lowest BCUT2D eigenvalue weighted by Crippen LogP contribution is -2.19. The van der Waals surface area contributed by atoms with Crippen molar-refractivity contribution in [2.45, 2.75) is 45.1 Å². The average molecular weight is 280 g/mol. The number of aryl methyl sites for hydroxylation is 1. The quantitative estimate of drug-likeness (QED) is 0.743. The third kappa shape index (κ3) is 3.72. The number of nitrogens with one attached hydrogen (secondary N) is 1. The summed E-state index contributed by atoms with van der Waals surface area (Å²) in [5.41, 5.74) is 6.60. The van der Waals surface area contributed by atoms with Gasteiger partial charge in [-0.3, -0.25) is 0 Å². The SMILES string of the molecule is CCc1nc(NC2CCCC2)c(N)c(OCCOC)n1. The van der Waals surface area contributed by atoms with Crippen LogP contribution in [0, 0.1) is 0 Å².